The molecule has 1 aliphatic heterocycles. The largest absolute Gasteiger partial charge is 0.489 e. The van der Waals surface area contributed by atoms with E-state index in [1.54, 1.807) is 4.68 Å². The van der Waals surface area contributed by atoms with Crippen LogP contribution in [0.4, 0.5) is 10.6 Å². The van der Waals surface area contributed by atoms with Crippen LogP contribution in [0.1, 0.15) is 30.0 Å². The maximum atomic E-state index is 11.3. The van der Waals surface area contributed by atoms with Crippen molar-refractivity contribution in [3.05, 3.63) is 65.7 Å². The fourth-order valence-corrected chi connectivity index (χ4v) is 3.82. The third-order valence-electron chi connectivity index (χ3n) is 5.45. The summed E-state index contributed by atoms with van der Waals surface area (Å²) in [6.45, 7) is 1.26. The van der Waals surface area contributed by atoms with Crippen LogP contribution in [0.15, 0.2) is 54.6 Å². The summed E-state index contributed by atoms with van der Waals surface area (Å²) < 4.78 is 7.42. The van der Waals surface area contributed by atoms with E-state index in [1.165, 1.54) is 4.90 Å². The van der Waals surface area contributed by atoms with Crippen LogP contribution in [-0.2, 0) is 6.61 Å². The second-order valence-electron chi connectivity index (χ2n) is 7.49. The van der Waals surface area contributed by atoms with Crippen LogP contribution < -0.4 is 10.5 Å². The number of nitrogen functional groups attached to an aromatic ring is 1. The Morgan fingerprint density at radius 1 is 1.23 bits per heavy atom. The molecule has 31 heavy (non-hydrogen) atoms. The minimum absolute atomic E-state index is 0.195. The van der Waals surface area contributed by atoms with Gasteiger partial charge in [0.05, 0.1) is 6.04 Å². The van der Waals surface area contributed by atoms with Gasteiger partial charge in [0, 0.05) is 18.7 Å². The smallest absolute Gasteiger partial charge is 0.407 e. The van der Waals surface area contributed by atoms with Gasteiger partial charge in [0.25, 0.3) is 0 Å². The Kier molecular flexibility index (Phi) is 5.76. The van der Waals surface area contributed by atoms with Crippen LogP contribution in [0.5, 0.6) is 5.75 Å². The van der Waals surface area contributed by atoms with E-state index in [1.807, 2.05) is 54.6 Å². The SMILES string of the molecule is N#Cc1c(-c2ccc(OCc3ccccc3)cc2)nn(C2CCCN(C(=O)O)C2)c1N. The maximum absolute atomic E-state index is 11.3. The van der Waals surface area contributed by atoms with E-state index in [2.05, 4.69) is 11.2 Å². The quantitative estimate of drug-likeness (QED) is 0.650. The molecule has 0 radical (unpaired) electrons. The molecule has 8 heteroatoms. The predicted molar refractivity (Wildman–Crippen MR) is 115 cm³/mol. The Bertz CT molecular complexity index is 1100. The van der Waals surface area contributed by atoms with Gasteiger partial charge in [-0.2, -0.15) is 10.4 Å². The minimum Gasteiger partial charge on any atom is -0.489 e. The van der Waals surface area contributed by atoms with Crippen LogP contribution in [0.25, 0.3) is 11.3 Å². The molecule has 1 fully saturated rings. The lowest BCUT2D eigenvalue weighted by atomic mass is 10.1. The molecule has 0 spiro atoms. The molecular weight excluding hydrogens is 394 g/mol. The summed E-state index contributed by atoms with van der Waals surface area (Å²) in [5.74, 6) is 0.974. The predicted octanol–water partition coefficient (Wildman–Crippen LogP) is 3.90. The van der Waals surface area contributed by atoms with Crippen molar-refractivity contribution in [1.82, 2.24) is 14.7 Å². The molecule has 1 aromatic heterocycles. The first-order valence-electron chi connectivity index (χ1n) is 10.1. The molecule has 1 saturated heterocycles. The summed E-state index contributed by atoms with van der Waals surface area (Å²) in [7, 11) is 0. The molecular formula is C23H23N5O3. The van der Waals surface area contributed by atoms with E-state index in [9.17, 15) is 15.2 Å². The summed E-state index contributed by atoms with van der Waals surface area (Å²) in [6, 6.07) is 19.2. The number of anilines is 1. The van der Waals surface area contributed by atoms with Gasteiger partial charge in [0.15, 0.2) is 0 Å². The van der Waals surface area contributed by atoms with Crippen molar-refractivity contribution in [2.75, 3.05) is 18.8 Å². The number of nitrogens with zero attached hydrogens (tertiary/aromatic N) is 4. The Balaban J connectivity index is 1.54. The van der Waals surface area contributed by atoms with Gasteiger partial charge < -0.3 is 20.5 Å². The van der Waals surface area contributed by atoms with Gasteiger partial charge in [-0.25, -0.2) is 9.48 Å². The fourth-order valence-electron chi connectivity index (χ4n) is 3.82. The van der Waals surface area contributed by atoms with E-state index in [0.29, 0.717) is 36.7 Å². The van der Waals surface area contributed by atoms with Crippen LogP contribution in [0.3, 0.4) is 0 Å². The third kappa shape index (κ3) is 4.31. The number of benzene rings is 2. The molecule has 4 rings (SSSR count). The van der Waals surface area contributed by atoms with Gasteiger partial charge in [0.1, 0.15) is 35.5 Å². The monoisotopic (exact) mass is 417 g/mol. The first-order chi connectivity index (χ1) is 15.1. The zero-order chi connectivity index (χ0) is 21.8. The lowest BCUT2D eigenvalue weighted by Crippen LogP contribution is -2.40. The van der Waals surface area contributed by atoms with Gasteiger partial charge in [-0.1, -0.05) is 30.3 Å². The normalized spacial score (nSPS) is 16.0. The van der Waals surface area contributed by atoms with E-state index in [-0.39, 0.29) is 11.9 Å². The van der Waals surface area contributed by atoms with Crippen LogP contribution >= 0.6 is 0 Å². The number of hydrogen-bond donors (Lipinski definition) is 2. The maximum Gasteiger partial charge on any atom is 0.407 e. The fraction of sp³-hybridized carbons (Fsp3) is 0.261. The number of likely N-dealkylation sites (tertiary alicyclic amines) is 1. The van der Waals surface area contributed by atoms with Crippen LogP contribution in [-0.4, -0.2) is 39.0 Å². The molecule has 0 bridgehead atoms. The first-order valence-corrected chi connectivity index (χ1v) is 10.1. The van der Waals surface area contributed by atoms with Gasteiger partial charge >= 0.3 is 6.09 Å². The molecule has 3 N–H and O–H groups in total. The minimum atomic E-state index is -0.956. The summed E-state index contributed by atoms with van der Waals surface area (Å²) in [5.41, 5.74) is 8.84. The molecule has 0 saturated carbocycles. The van der Waals surface area contributed by atoms with E-state index >= 15 is 0 Å². The third-order valence-corrected chi connectivity index (χ3v) is 5.45. The van der Waals surface area contributed by atoms with Crippen molar-refractivity contribution in [3.8, 4) is 23.1 Å². The van der Waals surface area contributed by atoms with Crippen molar-refractivity contribution < 1.29 is 14.6 Å². The molecule has 8 nitrogen and oxygen atoms in total. The zero-order valence-corrected chi connectivity index (χ0v) is 16.9. The second-order valence-corrected chi connectivity index (χ2v) is 7.49. The lowest BCUT2D eigenvalue weighted by Gasteiger charge is -2.31. The van der Waals surface area contributed by atoms with Gasteiger partial charge in [0.2, 0.25) is 0 Å². The van der Waals surface area contributed by atoms with E-state index in [4.69, 9.17) is 10.5 Å². The topological polar surface area (TPSA) is 117 Å². The molecule has 2 heterocycles. The number of piperidine rings is 1. The standard InChI is InChI=1S/C23H23N5O3/c24-13-20-21(26-28(22(20)25)18-7-4-12-27(14-18)23(29)30)17-8-10-19(11-9-17)31-15-16-5-2-1-3-6-16/h1-3,5-6,8-11,18H,4,7,12,14-15,25H2,(H,29,30). The van der Waals surface area contributed by atoms with Crippen molar-refractivity contribution in [1.29, 1.82) is 5.26 Å². The number of hydrogen-bond acceptors (Lipinski definition) is 5. The molecule has 1 unspecified atom stereocenters. The number of nitrogens with two attached hydrogens (primary N) is 1. The highest BCUT2D eigenvalue weighted by molar-refractivity contribution is 5.73. The zero-order valence-electron chi connectivity index (χ0n) is 16.9. The van der Waals surface area contributed by atoms with Crippen molar-refractivity contribution in [2.45, 2.75) is 25.5 Å². The number of ether oxygens (including phenoxy) is 1. The number of carbonyl (C=O) groups is 1. The Hall–Kier alpha value is -3.99. The Morgan fingerprint density at radius 2 is 1.97 bits per heavy atom. The molecule has 1 aliphatic rings. The number of amides is 1. The summed E-state index contributed by atoms with van der Waals surface area (Å²) in [6.07, 6.45) is 0.523. The van der Waals surface area contributed by atoms with E-state index < -0.39 is 6.09 Å². The molecule has 1 atom stereocenters. The lowest BCUT2D eigenvalue weighted by molar-refractivity contribution is 0.120. The number of aromatic nitrogens is 2. The molecule has 2 aromatic carbocycles. The number of rotatable bonds is 5. The van der Waals surface area contributed by atoms with Gasteiger partial charge in [-0.15, -0.1) is 0 Å². The van der Waals surface area contributed by atoms with Crippen LogP contribution in [0, 0.1) is 11.3 Å². The molecule has 0 aliphatic carbocycles. The molecule has 3 aromatic rings. The van der Waals surface area contributed by atoms with Crippen molar-refractivity contribution in [2.24, 2.45) is 0 Å². The summed E-state index contributed by atoms with van der Waals surface area (Å²) >= 11 is 0. The highest BCUT2D eigenvalue weighted by Crippen LogP contribution is 2.32. The second kappa shape index (κ2) is 8.79. The summed E-state index contributed by atoms with van der Waals surface area (Å²) in [5, 5.41) is 23.6. The Labute approximate surface area is 180 Å². The average molecular weight is 417 g/mol. The van der Waals surface area contributed by atoms with E-state index in [0.717, 1.165) is 24.0 Å². The molecule has 1 amide bonds. The Morgan fingerprint density at radius 3 is 2.65 bits per heavy atom. The first kappa shape index (κ1) is 20.3. The molecule has 158 valence electrons. The number of nitriles is 1. The van der Waals surface area contributed by atoms with Crippen LogP contribution in [0.2, 0.25) is 0 Å². The van der Waals surface area contributed by atoms with Gasteiger partial charge in [-0.05, 0) is 42.7 Å². The van der Waals surface area contributed by atoms with Crippen molar-refractivity contribution >= 4 is 11.9 Å². The summed E-state index contributed by atoms with van der Waals surface area (Å²) in [4.78, 5) is 12.7. The average Bonchev–Trinajstić information content (AvgIpc) is 3.15. The number of carboxylic acid groups (broad SMARTS) is 1. The van der Waals surface area contributed by atoms with Crippen molar-refractivity contribution in [3.63, 3.8) is 0 Å². The highest BCUT2D eigenvalue weighted by atomic mass is 16.5. The van der Waals surface area contributed by atoms with Gasteiger partial charge in [-0.3, -0.25) is 0 Å². The highest BCUT2D eigenvalue weighted by Gasteiger charge is 2.28.